The number of nitrogens with zero attached hydrogens (tertiary/aromatic N) is 2. The third-order valence-electron chi connectivity index (χ3n) is 5.04. The average molecular weight is 442 g/mol. The van der Waals surface area contributed by atoms with Crippen molar-refractivity contribution in [3.05, 3.63) is 53.2 Å². The number of piperidine rings is 1. The quantitative estimate of drug-likeness (QED) is 0.725. The number of aryl methyl sites for hydroxylation is 2. The van der Waals surface area contributed by atoms with E-state index in [0.29, 0.717) is 36.5 Å². The highest BCUT2D eigenvalue weighted by Crippen LogP contribution is 2.32. The van der Waals surface area contributed by atoms with Gasteiger partial charge < -0.3 is 15.0 Å². The van der Waals surface area contributed by atoms with Gasteiger partial charge >= 0.3 is 6.09 Å². The third kappa shape index (κ3) is 6.47. The zero-order chi connectivity index (χ0) is 22.6. The molecule has 2 aromatic rings. The van der Waals surface area contributed by atoms with Gasteiger partial charge in [0.25, 0.3) is 5.91 Å². The second-order valence-electron chi connectivity index (χ2n) is 8.94. The predicted molar refractivity (Wildman–Crippen MR) is 123 cm³/mol. The number of likely N-dealkylation sites (tertiary alicyclic amines) is 1. The molecule has 3 rings (SSSR count). The fourth-order valence-corrected chi connectivity index (χ4v) is 4.47. The molecule has 1 aliphatic heterocycles. The van der Waals surface area contributed by atoms with Crippen molar-refractivity contribution in [3.8, 4) is 0 Å². The maximum Gasteiger partial charge on any atom is 0.407 e. The molecule has 31 heavy (non-hydrogen) atoms. The van der Waals surface area contributed by atoms with Crippen LogP contribution in [-0.2, 0) is 4.74 Å². The van der Waals surface area contributed by atoms with Gasteiger partial charge in [-0.15, -0.1) is 0 Å². The van der Waals surface area contributed by atoms with Gasteiger partial charge in [-0.05, 0) is 71.2 Å². The van der Waals surface area contributed by atoms with Crippen molar-refractivity contribution in [3.63, 3.8) is 0 Å². The fourth-order valence-electron chi connectivity index (χ4n) is 3.52. The number of aromatic nitrogens is 1. The molecule has 1 fully saturated rings. The lowest BCUT2D eigenvalue weighted by Crippen LogP contribution is -2.47. The lowest BCUT2D eigenvalue weighted by atomic mass is 10.0. The molecule has 1 aromatic heterocycles. The van der Waals surface area contributed by atoms with Crippen molar-refractivity contribution < 1.29 is 14.3 Å². The van der Waals surface area contributed by atoms with E-state index >= 15 is 0 Å². The second kappa shape index (κ2) is 9.73. The minimum Gasteiger partial charge on any atom is -0.444 e. The van der Waals surface area contributed by atoms with Gasteiger partial charge in [-0.25, -0.2) is 9.78 Å². The Kier molecular flexibility index (Phi) is 7.26. The number of rotatable bonds is 4. The maximum atomic E-state index is 13.2. The minimum absolute atomic E-state index is 0.0110. The smallest absolute Gasteiger partial charge is 0.407 e. The molecule has 1 aromatic carbocycles. The highest BCUT2D eigenvalue weighted by Gasteiger charge is 2.27. The summed E-state index contributed by atoms with van der Waals surface area (Å²) in [5, 5.41) is 3.63. The summed E-state index contributed by atoms with van der Waals surface area (Å²) in [5.74, 6) is -0.0175. The topological polar surface area (TPSA) is 71.5 Å². The van der Waals surface area contributed by atoms with E-state index in [2.05, 4.69) is 42.3 Å². The molecule has 0 saturated carbocycles. The van der Waals surface area contributed by atoms with Crippen molar-refractivity contribution in [2.24, 2.45) is 0 Å². The molecule has 2 heterocycles. The summed E-state index contributed by atoms with van der Waals surface area (Å²) in [7, 11) is 0. The molecule has 0 atom stereocenters. The molecule has 0 aliphatic carbocycles. The van der Waals surface area contributed by atoms with Crippen LogP contribution < -0.4 is 5.32 Å². The molecule has 166 valence electrons. The number of benzene rings is 1. The molecule has 7 heteroatoms. The molecule has 0 bridgehead atoms. The lowest BCUT2D eigenvalue weighted by Gasteiger charge is -2.33. The highest BCUT2D eigenvalue weighted by atomic mass is 32.2. The van der Waals surface area contributed by atoms with Crippen LogP contribution in [-0.4, -0.2) is 46.6 Å². The van der Waals surface area contributed by atoms with Crippen LogP contribution in [0.25, 0.3) is 0 Å². The Bertz CT molecular complexity index is 947. The van der Waals surface area contributed by atoms with Crippen molar-refractivity contribution in [1.82, 2.24) is 15.2 Å². The second-order valence-corrected chi connectivity index (χ2v) is 9.97. The largest absolute Gasteiger partial charge is 0.444 e. The van der Waals surface area contributed by atoms with Crippen molar-refractivity contribution in [1.29, 1.82) is 0 Å². The molecular formula is C24H31N3O3S. The number of carbonyl (C=O) groups is 2. The van der Waals surface area contributed by atoms with E-state index in [-0.39, 0.29) is 11.9 Å². The molecule has 6 nitrogen and oxygen atoms in total. The van der Waals surface area contributed by atoms with Gasteiger partial charge in [0.1, 0.15) is 10.6 Å². The van der Waals surface area contributed by atoms with E-state index in [1.807, 2.05) is 31.7 Å². The number of alkyl carbamates (subject to hydrolysis) is 1. The van der Waals surface area contributed by atoms with Crippen molar-refractivity contribution >= 4 is 23.8 Å². The Morgan fingerprint density at radius 3 is 2.52 bits per heavy atom. The van der Waals surface area contributed by atoms with Gasteiger partial charge in [0.15, 0.2) is 0 Å². The number of nitrogens with one attached hydrogen (secondary N) is 1. The lowest BCUT2D eigenvalue weighted by molar-refractivity contribution is 0.0473. The van der Waals surface area contributed by atoms with Gasteiger partial charge in [0.05, 0.1) is 5.56 Å². The van der Waals surface area contributed by atoms with Crippen LogP contribution in [0.2, 0.25) is 0 Å². The van der Waals surface area contributed by atoms with Crippen LogP contribution in [0.4, 0.5) is 4.79 Å². The first-order valence-corrected chi connectivity index (χ1v) is 11.4. The predicted octanol–water partition coefficient (Wildman–Crippen LogP) is 4.98. The first-order chi connectivity index (χ1) is 14.6. The Labute approximate surface area is 188 Å². The Morgan fingerprint density at radius 2 is 1.87 bits per heavy atom. The van der Waals surface area contributed by atoms with E-state index in [4.69, 9.17) is 4.74 Å². The van der Waals surface area contributed by atoms with Gasteiger partial charge in [0.2, 0.25) is 0 Å². The number of carbonyl (C=O) groups excluding carboxylic acids is 2. The minimum atomic E-state index is -0.523. The van der Waals surface area contributed by atoms with Crippen LogP contribution in [0.1, 0.15) is 55.1 Å². The van der Waals surface area contributed by atoms with Gasteiger partial charge in [-0.2, -0.15) is 0 Å². The monoisotopic (exact) mass is 441 g/mol. The zero-order valence-corrected chi connectivity index (χ0v) is 19.7. The molecule has 0 spiro atoms. The van der Waals surface area contributed by atoms with E-state index < -0.39 is 11.7 Å². The fraction of sp³-hybridized carbons (Fsp3) is 0.458. The van der Waals surface area contributed by atoms with Crippen LogP contribution in [0.5, 0.6) is 0 Å². The Hall–Kier alpha value is -2.54. The number of amides is 2. The summed E-state index contributed by atoms with van der Waals surface area (Å²) in [6.45, 7) is 10.8. The summed E-state index contributed by atoms with van der Waals surface area (Å²) in [5.41, 5.74) is 2.47. The van der Waals surface area contributed by atoms with Gasteiger partial charge in [0, 0.05) is 30.2 Å². The molecule has 1 saturated heterocycles. The number of hydrogen-bond donors (Lipinski definition) is 1. The van der Waals surface area contributed by atoms with E-state index in [1.165, 1.54) is 22.9 Å². The average Bonchev–Trinajstić information content (AvgIpc) is 2.69. The summed E-state index contributed by atoms with van der Waals surface area (Å²) >= 11 is 1.52. The summed E-state index contributed by atoms with van der Waals surface area (Å²) in [6.07, 6.45) is 2.71. The van der Waals surface area contributed by atoms with Crippen LogP contribution in [0, 0.1) is 13.8 Å². The summed E-state index contributed by atoms with van der Waals surface area (Å²) in [6, 6.07) is 9.93. The molecule has 1 aliphatic rings. The molecule has 0 radical (unpaired) electrons. The molecular weight excluding hydrogens is 410 g/mol. The number of ether oxygens (including phenoxy) is 1. The Morgan fingerprint density at radius 1 is 1.16 bits per heavy atom. The van der Waals surface area contributed by atoms with Gasteiger partial charge in [-0.3, -0.25) is 4.79 Å². The van der Waals surface area contributed by atoms with E-state index in [0.717, 1.165) is 4.90 Å². The Balaban J connectivity index is 1.63. The van der Waals surface area contributed by atoms with Gasteiger partial charge in [-0.1, -0.05) is 29.5 Å². The SMILES string of the molecule is Cc1ccc(Sc2ncccc2C(=O)N2CCC(NC(=O)OC(C)(C)C)CC2)c(C)c1. The first kappa shape index (κ1) is 23.1. The van der Waals surface area contributed by atoms with Crippen LogP contribution >= 0.6 is 11.8 Å². The van der Waals surface area contributed by atoms with Crippen molar-refractivity contribution in [2.75, 3.05) is 13.1 Å². The first-order valence-electron chi connectivity index (χ1n) is 10.6. The summed E-state index contributed by atoms with van der Waals surface area (Å²) in [4.78, 5) is 32.7. The number of hydrogen-bond acceptors (Lipinski definition) is 5. The normalized spacial score (nSPS) is 14.9. The highest BCUT2D eigenvalue weighted by molar-refractivity contribution is 7.99. The third-order valence-corrected chi connectivity index (χ3v) is 6.24. The van der Waals surface area contributed by atoms with Crippen LogP contribution in [0.15, 0.2) is 46.5 Å². The zero-order valence-electron chi connectivity index (χ0n) is 18.9. The van der Waals surface area contributed by atoms with E-state index in [1.54, 1.807) is 12.3 Å². The van der Waals surface area contributed by atoms with E-state index in [9.17, 15) is 9.59 Å². The standard InChI is InChI=1S/C24H31N3O3S/c1-16-8-9-20(17(2)15-16)31-21-19(7-6-12-25-21)22(28)27-13-10-18(11-14-27)26-23(29)30-24(3,4)5/h6-9,12,15,18H,10-11,13-14H2,1-5H3,(H,26,29). The molecule has 0 unspecified atom stereocenters. The number of pyridine rings is 1. The van der Waals surface area contributed by atoms with Crippen molar-refractivity contribution in [2.45, 2.75) is 69.0 Å². The molecule has 1 N–H and O–H groups in total. The van der Waals surface area contributed by atoms with Crippen LogP contribution in [0.3, 0.4) is 0 Å². The molecule has 2 amide bonds. The summed E-state index contributed by atoms with van der Waals surface area (Å²) < 4.78 is 5.33. The maximum absolute atomic E-state index is 13.2.